The Morgan fingerprint density at radius 3 is 2.53 bits per heavy atom. The maximum atomic E-state index is 12.1. The van der Waals surface area contributed by atoms with Crippen LogP contribution in [-0.2, 0) is 13.6 Å². The molecular formula is C15H19N3O. The van der Waals surface area contributed by atoms with E-state index >= 15 is 0 Å². The van der Waals surface area contributed by atoms with Gasteiger partial charge in [-0.2, -0.15) is 5.10 Å². The summed E-state index contributed by atoms with van der Waals surface area (Å²) >= 11 is 0. The average Bonchev–Trinajstić information content (AvgIpc) is 2.68. The Labute approximate surface area is 113 Å². The zero-order valence-corrected chi connectivity index (χ0v) is 11.8. The first-order valence-electron chi connectivity index (χ1n) is 6.32. The fourth-order valence-electron chi connectivity index (χ4n) is 1.99. The van der Waals surface area contributed by atoms with E-state index in [4.69, 9.17) is 0 Å². The summed E-state index contributed by atoms with van der Waals surface area (Å²) in [4.78, 5) is 12.1. The van der Waals surface area contributed by atoms with E-state index in [1.54, 1.807) is 4.68 Å². The fraction of sp³-hybridized carbons (Fsp3) is 0.333. The van der Waals surface area contributed by atoms with Crippen LogP contribution in [0.25, 0.3) is 0 Å². The second kappa shape index (κ2) is 5.26. The van der Waals surface area contributed by atoms with Gasteiger partial charge < -0.3 is 5.32 Å². The van der Waals surface area contributed by atoms with Crippen LogP contribution in [0.5, 0.6) is 0 Å². The number of carbonyl (C=O) groups excluding carboxylic acids is 1. The Bertz CT molecular complexity index is 614. The summed E-state index contributed by atoms with van der Waals surface area (Å²) in [6.45, 7) is 6.48. The summed E-state index contributed by atoms with van der Waals surface area (Å²) < 4.78 is 1.79. The second-order valence-electron chi connectivity index (χ2n) is 4.88. The SMILES string of the molecule is Cc1cc(CNC(=O)c2ccc(C)c(C)c2)n(C)n1. The minimum Gasteiger partial charge on any atom is -0.346 e. The number of nitrogens with zero attached hydrogens (tertiary/aromatic N) is 2. The Morgan fingerprint density at radius 1 is 1.21 bits per heavy atom. The molecule has 0 atom stereocenters. The summed E-state index contributed by atoms with van der Waals surface area (Å²) in [6.07, 6.45) is 0. The molecule has 2 rings (SSSR count). The summed E-state index contributed by atoms with van der Waals surface area (Å²) in [7, 11) is 1.88. The van der Waals surface area contributed by atoms with Gasteiger partial charge in [0.2, 0.25) is 0 Å². The van der Waals surface area contributed by atoms with Crippen molar-refractivity contribution in [3.63, 3.8) is 0 Å². The maximum Gasteiger partial charge on any atom is 0.251 e. The predicted octanol–water partition coefficient (Wildman–Crippen LogP) is 2.28. The number of hydrogen-bond acceptors (Lipinski definition) is 2. The molecule has 1 N–H and O–H groups in total. The van der Waals surface area contributed by atoms with Crippen molar-refractivity contribution >= 4 is 5.91 Å². The molecular weight excluding hydrogens is 238 g/mol. The largest absolute Gasteiger partial charge is 0.346 e. The molecule has 0 saturated heterocycles. The van der Waals surface area contributed by atoms with Gasteiger partial charge in [0, 0.05) is 12.6 Å². The Kier molecular flexibility index (Phi) is 3.69. The van der Waals surface area contributed by atoms with Crippen molar-refractivity contribution in [3.05, 3.63) is 52.3 Å². The van der Waals surface area contributed by atoms with Crippen LogP contribution in [0.3, 0.4) is 0 Å². The average molecular weight is 257 g/mol. The molecule has 19 heavy (non-hydrogen) atoms. The minimum absolute atomic E-state index is 0.0537. The van der Waals surface area contributed by atoms with E-state index in [1.165, 1.54) is 5.56 Å². The first-order valence-corrected chi connectivity index (χ1v) is 6.32. The van der Waals surface area contributed by atoms with Crippen LogP contribution in [0, 0.1) is 20.8 Å². The maximum absolute atomic E-state index is 12.1. The van der Waals surface area contributed by atoms with Crippen LogP contribution in [0.15, 0.2) is 24.3 Å². The van der Waals surface area contributed by atoms with Crippen molar-refractivity contribution in [3.8, 4) is 0 Å². The number of hydrogen-bond donors (Lipinski definition) is 1. The molecule has 0 spiro atoms. The number of rotatable bonds is 3. The predicted molar refractivity (Wildman–Crippen MR) is 75.0 cm³/mol. The van der Waals surface area contributed by atoms with Crippen LogP contribution < -0.4 is 5.32 Å². The number of aryl methyl sites for hydroxylation is 4. The summed E-state index contributed by atoms with van der Waals surface area (Å²) in [5.41, 5.74) is 4.97. The number of aromatic nitrogens is 2. The molecule has 0 saturated carbocycles. The zero-order valence-electron chi connectivity index (χ0n) is 11.8. The molecule has 0 fully saturated rings. The molecule has 1 amide bonds. The van der Waals surface area contributed by atoms with Crippen LogP contribution in [-0.4, -0.2) is 15.7 Å². The van der Waals surface area contributed by atoms with Gasteiger partial charge in [-0.15, -0.1) is 0 Å². The van der Waals surface area contributed by atoms with Gasteiger partial charge in [-0.1, -0.05) is 6.07 Å². The fourth-order valence-corrected chi connectivity index (χ4v) is 1.99. The lowest BCUT2D eigenvalue weighted by Gasteiger charge is -2.07. The Hall–Kier alpha value is -2.10. The van der Waals surface area contributed by atoms with Gasteiger partial charge in [-0.25, -0.2) is 0 Å². The van der Waals surface area contributed by atoms with Crippen LogP contribution in [0.4, 0.5) is 0 Å². The van der Waals surface area contributed by atoms with Crippen LogP contribution in [0.2, 0.25) is 0 Å². The number of amides is 1. The summed E-state index contributed by atoms with van der Waals surface area (Å²) in [5, 5.41) is 7.17. The van der Waals surface area contributed by atoms with Gasteiger partial charge in [0.05, 0.1) is 17.9 Å². The van der Waals surface area contributed by atoms with Crippen molar-refractivity contribution in [1.82, 2.24) is 15.1 Å². The molecule has 0 aliphatic carbocycles. The number of benzene rings is 1. The van der Waals surface area contributed by atoms with Crippen molar-refractivity contribution < 1.29 is 4.79 Å². The van der Waals surface area contributed by atoms with Gasteiger partial charge in [0.15, 0.2) is 0 Å². The van der Waals surface area contributed by atoms with E-state index in [9.17, 15) is 4.79 Å². The summed E-state index contributed by atoms with van der Waals surface area (Å²) in [6, 6.07) is 7.71. The summed E-state index contributed by atoms with van der Waals surface area (Å²) in [5.74, 6) is -0.0537. The third-order valence-corrected chi connectivity index (χ3v) is 3.30. The van der Waals surface area contributed by atoms with Gasteiger partial charge >= 0.3 is 0 Å². The van der Waals surface area contributed by atoms with Crippen LogP contribution in [0.1, 0.15) is 32.9 Å². The first-order chi connectivity index (χ1) is 8.97. The van der Waals surface area contributed by atoms with Gasteiger partial charge in [0.25, 0.3) is 5.91 Å². The highest BCUT2D eigenvalue weighted by Gasteiger charge is 2.08. The van der Waals surface area contributed by atoms with Gasteiger partial charge in [-0.3, -0.25) is 9.48 Å². The quantitative estimate of drug-likeness (QED) is 0.917. The Balaban J connectivity index is 2.05. The topological polar surface area (TPSA) is 46.9 Å². The molecule has 0 bridgehead atoms. The molecule has 2 aromatic rings. The normalized spacial score (nSPS) is 10.5. The van der Waals surface area contributed by atoms with Gasteiger partial charge in [-0.05, 0) is 50.1 Å². The van der Waals surface area contributed by atoms with Crippen molar-refractivity contribution in [2.24, 2.45) is 7.05 Å². The molecule has 4 heteroatoms. The molecule has 4 nitrogen and oxygen atoms in total. The standard InChI is InChI=1S/C15H19N3O/c1-10-5-6-13(7-11(10)2)15(19)16-9-14-8-12(3)17-18(14)4/h5-8H,9H2,1-4H3,(H,16,19). The highest BCUT2D eigenvalue weighted by molar-refractivity contribution is 5.94. The number of nitrogens with one attached hydrogen (secondary N) is 1. The van der Waals surface area contributed by atoms with Crippen molar-refractivity contribution in [1.29, 1.82) is 0 Å². The van der Waals surface area contributed by atoms with Crippen molar-refractivity contribution in [2.45, 2.75) is 27.3 Å². The van der Waals surface area contributed by atoms with E-state index in [0.29, 0.717) is 12.1 Å². The molecule has 1 aromatic heterocycles. The highest BCUT2D eigenvalue weighted by atomic mass is 16.1. The smallest absolute Gasteiger partial charge is 0.251 e. The molecule has 1 heterocycles. The molecule has 0 aliphatic heterocycles. The highest BCUT2D eigenvalue weighted by Crippen LogP contribution is 2.10. The van der Waals surface area contributed by atoms with Gasteiger partial charge in [0.1, 0.15) is 0 Å². The molecule has 100 valence electrons. The molecule has 0 unspecified atom stereocenters. The van der Waals surface area contributed by atoms with E-state index < -0.39 is 0 Å². The lowest BCUT2D eigenvalue weighted by Crippen LogP contribution is -2.24. The Morgan fingerprint density at radius 2 is 1.95 bits per heavy atom. The third-order valence-electron chi connectivity index (χ3n) is 3.30. The first kappa shape index (κ1) is 13.3. The lowest BCUT2D eigenvalue weighted by molar-refractivity contribution is 0.0950. The van der Waals surface area contributed by atoms with E-state index in [-0.39, 0.29) is 5.91 Å². The lowest BCUT2D eigenvalue weighted by atomic mass is 10.1. The van der Waals surface area contributed by atoms with Crippen LogP contribution >= 0.6 is 0 Å². The molecule has 0 aliphatic rings. The van der Waals surface area contributed by atoms with E-state index in [0.717, 1.165) is 17.0 Å². The third kappa shape index (κ3) is 3.02. The number of carbonyl (C=O) groups is 1. The molecule has 0 radical (unpaired) electrons. The zero-order chi connectivity index (χ0) is 14.0. The van der Waals surface area contributed by atoms with Crippen molar-refractivity contribution in [2.75, 3.05) is 0 Å². The second-order valence-corrected chi connectivity index (χ2v) is 4.88. The monoisotopic (exact) mass is 257 g/mol. The molecule has 1 aromatic carbocycles. The van der Waals surface area contributed by atoms with E-state index in [2.05, 4.69) is 10.4 Å². The minimum atomic E-state index is -0.0537. The van der Waals surface area contributed by atoms with E-state index in [1.807, 2.05) is 52.1 Å².